The fraction of sp³-hybridized carbons (Fsp3) is 0.625. The van der Waals surface area contributed by atoms with E-state index in [0.29, 0.717) is 0 Å². The quantitative estimate of drug-likeness (QED) is 0.786. The molecule has 1 aromatic heterocycles. The molecule has 0 N–H and O–H groups in total. The second-order valence-corrected chi connectivity index (χ2v) is 6.14. The fourth-order valence-electron chi connectivity index (χ4n) is 3.51. The summed E-state index contributed by atoms with van der Waals surface area (Å²) < 4.78 is 0. The average molecular weight is 273 g/mol. The van der Waals surface area contributed by atoms with E-state index >= 15 is 0 Å². The van der Waals surface area contributed by atoms with Crippen LogP contribution in [0.2, 0.25) is 0 Å². The normalized spacial score (nSPS) is 22.9. The number of anilines is 1. The van der Waals surface area contributed by atoms with Gasteiger partial charge in [0, 0.05) is 44.3 Å². The molecule has 2 heterocycles. The third-order valence-electron chi connectivity index (χ3n) is 4.73. The summed E-state index contributed by atoms with van der Waals surface area (Å²) in [6.07, 6.45) is 7.67. The molecule has 0 bridgehead atoms. The van der Waals surface area contributed by atoms with Crippen LogP contribution in [0, 0.1) is 5.41 Å². The first-order valence-electron chi connectivity index (χ1n) is 7.66. The number of piperazine rings is 1. The molecular formula is C16H23N3O. The van der Waals surface area contributed by atoms with Gasteiger partial charge in [-0.05, 0) is 25.0 Å². The minimum Gasteiger partial charge on any atom is -0.354 e. The molecule has 1 aliphatic carbocycles. The number of aldehydes is 1. The lowest BCUT2D eigenvalue weighted by atomic mass is 9.87. The van der Waals surface area contributed by atoms with Crippen LogP contribution in [0.15, 0.2) is 24.4 Å². The van der Waals surface area contributed by atoms with Crippen molar-refractivity contribution in [3.63, 3.8) is 0 Å². The Labute approximate surface area is 120 Å². The molecule has 108 valence electrons. The van der Waals surface area contributed by atoms with E-state index in [4.69, 9.17) is 0 Å². The Morgan fingerprint density at radius 2 is 1.90 bits per heavy atom. The molecule has 3 rings (SSSR count). The van der Waals surface area contributed by atoms with Gasteiger partial charge in [-0.25, -0.2) is 4.98 Å². The van der Waals surface area contributed by atoms with Gasteiger partial charge in [0.2, 0.25) is 0 Å². The molecule has 1 saturated carbocycles. The minimum atomic E-state index is -0.0484. The summed E-state index contributed by atoms with van der Waals surface area (Å²) >= 11 is 0. The van der Waals surface area contributed by atoms with E-state index in [9.17, 15) is 4.79 Å². The Balaban J connectivity index is 1.55. The van der Waals surface area contributed by atoms with Crippen LogP contribution in [0.25, 0.3) is 0 Å². The Hall–Kier alpha value is -1.42. The van der Waals surface area contributed by atoms with E-state index in [-0.39, 0.29) is 5.41 Å². The van der Waals surface area contributed by atoms with Crippen molar-refractivity contribution in [1.29, 1.82) is 0 Å². The number of carbonyl (C=O) groups is 1. The van der Waals surface area contributed by atoms with Gasteiger partial charge in [-0.15, -0.1) is 0 Å². The molecule has 20 heavy (non-hydrogen) atoms. The second kappa shape index (κ2) is 5.92. The Morgan fingerprint density at radius 1 is 1.15 bits per heavy atom. The Bertz CT molecular complexity index is 434. The third-order valence-corrected chi connectivity index (χ3v) is 4.73. The zero-order valence-corrected chi connectivity index (χ0v) is 12.0. The van der Waals surface area contributed by atoms with Gasteiger partial charge in [0.05, 0.1) is 0 Å². The lowest BCUT2D eigenvalue weighted by Crippen LogP contribution is -2.50. The first kappa shape index (κ1) is 13.6. The lowest BCUT2D eigenvalue weighted by molar-refractivity contribution is -0.117. The van der Waals surface area contributed by atoms with Crippen LogP contribution in [-0.4, -0.2) is 48.9 Å². The first-order valence-corrected chi connectivity index (χ1v) is 7.66. The summed E-state index contributed by atoms with van der Waals surface area (Å²) in [6, 6.07) is 6.06. The van der Waals surface area contributed by atoms with E-state index in [1.165, 1.54) is 19.1 Å². The van der Waals surface area contributed by atoms with Gasteiger partial charge < -0.3 is 9.69 Å². The summed E-state index contributed by atoms with van der Waals surface area (Å²) in [5.74, 6) is 1.07. The maximum absolute atomic E-state index is 11.4. The molecule has 0 unspecified atom stereocenters. The molecule has 0 radical (unpaired) electrons. The largest absolute Gasteiger partial charge is 0.354 e. The minimum absolute atomic E-state index is 0.0484. The van der Waals surface area contributed by atoms with Gasteiger partial charge in [0.25, 0.3) is 0 Å². The number of hydrogen-bond acceptors (Lipinski definition) is 4. The van der Waals surface area contributed by atoms with Crippen LogP contribution in [0.3, 0.4) is 0 Å². The van der Waals surface area contributed by atoms with Crippen molar-refractivity contribution >= 4 is 12.1 Å². The Kier molecular flexibility index (Phi) is 4.01. The highest BCUT2D eigenvalue weighted by Gasteiger charge is 2.36. The van der Waals surface area contributed by atoms with E-state index in [0.717, 1.165) is 51.4 Å². The summed E-state index contributed by atoms with van der Waals surface area (Å²) in [5, 5.41) is 0. The summed E-state index contributed by atoms with van der Waals surface area (Å²) in [7, 11) is 0. The van der Waals surface area contributed by atoms with Gasteiger partial charge >= 0.3 is 0 Å². The van der Waals surface area contributed by atoms with Crippen LogP contribution in [0.5, 0.6) is 0 Å². The summed E-state index contributed by atoms with van der Waals surface area (Å²) in [4.78, 5) is 20.6. The lowest BCUT2D eigenvalue weighted by Gasteiger charge is -2.38. The van der Waals surface area contributed by atoms with Crippen molar-refractivity contribution in [2.24, 2.45) is 5.41 Å². The molecule has 1 aromatic rings. The topological polar surface area (TPSA) is 36.4 Å². The average Bonchev–Trinajstić information content (AvgIpc) is 2.98. The predicted octanol–water partition coefficient (Wildman–Crippen LogP) is 1.96. The van der Waals surface area contributed by atoms with Crippen LogP contribution < -0.4 is 4.90 Å². The monoisotopic (exact) mass is 273 g/mol. The maximum Gasteiger partial charge on any atom is 0.128 e. The zero-order valence-electron chi connectivity index (χ0n) is 12.0. The molecule has 0 aromatic carbocycles. The number of aromatic nitrogens is 1. The summed E-state index contributed by atoms with van der Waals surface area (Å²) in [5.41, 5.74) is -0.0484. The number of pyridine rings is 1. The van der Waals surface area contributed by atoms with E-state index < -0.39 is 0 Å². The molecule has 4 nitrogen and oxygen atoms in total. The highest BCUT2D eigenvalue weighted by Crippen LogP contribution is 2.37. The van der Waals surface area contributed by atoms with Crippen LogP contribution in [0.4, 0.5) is 5.82 Å². The van der Waals surface area contributed by atoms with Crippen molar-refractivity contribution in [3.8, 4) is 0 Å². The predicted molar refractivity (Wildman–Crippen MR) is 79.9 cm³/mol. The van der Waals surface area contributed by atoms with E-state index in [1.54, 1.807) is 0 Å². The molecule has 4 heteroatoms. The first-order chi connectivity index (χ1) is 9.81. The molecule has 0 atom stereocenters. The van der Waals surface area contributed by atoms with Crippen molar-refractivity contribution in [3.05, 3.63) is 24.4 Å². The fourth-order valence-corrected chi connectivity index (χ4v) is 3.51. The van der Waals surface area contributed by atoms with Crippen molar-refractivity contribution in [2.75, 3.05) is 37.6 Å². The van der Waals surface area contributed by atoms with Crippen molar-refractivity contribution in [2.45, 2.75) is 25.7 Å². The van der Waals surface area contributed by atoms with E-state index in [2.05, 4.69) is 20.9 Å². The molecule has 1 saturated heterocycles. The van der Waals surface area contributed by atoms with Gasteiger partial charge in [0.15, 0.2) is 0 Å². The molecule has 0 spiro atoms. The van der Waals surface area contributed by atoms with Gasteiger partial charge in [-0.2, -0.15) is 0 Å². The molecule has 2 fully saturated rings. The number of carbonyl (C=O) groups excluding carboxylic acids is 1. The maximum atomic E-state index is 11.4. The SMILES string of the molecule is O=CC1(CN2CCN(c3ccccn3)CC2)CCCC1. The number of hydrogen-bond donors (Lipinski definition) is 0. The highest BCUT2D eigenvalue weighted by molar-refractivity contribution is 5.60. The highest BCUT2D eigenvalue weighted by atomic mass is 16.1. The molecule has 2 aliphatic rings. The van der Waals surface area contributed by atoms with Crippen LogP contribution >= 0.6 is 0 Å². The van der Waals surface area contributed by atoms with E-state index in [1.807, 2.05) is 18.3 Å². The third kappa shape index (κ3) is 2.85. The number of nitrogens with zero attached hydrogens (tertiary/aromatic N) is 3. The standard InChI is InChI=1S/C16H23N3O/c20-14-16(6-2-3-7-16)13-18-9-11-19(12-10-18)15-5-1-4-8-17-15/h1,4-5,8,14H,2-3,6-7,9-13H2. The molecular weight excluding hydrogens is 250 g/mol. The second-order valence-electron chi connectivity index (χ2n) is 6.14. The van der Waals surface area contributed by atoms with Gasteiger partial charge in [0.1, 0.15) is 12.1 Å². The zero-order chi connectivity index (χ0) is 13.8. The summed E-state index contributed by atoms with van der Waals surface area (Å²) in [6.45, 7) is 5.03. The molecule has 1 aliphatic heterocycles. The van der Waals surface area contributed by atoms with Gasteiger partial charge in [-0.1, -0.05) is 18.9 Å². The molecule has 0 amide bonds. The van der Waals surface area contributed by atoms with Crippen LogP contribution in [0.1, 0.15) is 25.7 Å². The van der Waals surface area contributed by atoms with Crippen LogP contribution in [-0.2, 0) is 4.79 Å². The van der Waals surface area contributed by atoms with Gasteiger partial charge in [-0.3, -0.25) is 4.90 Å². The Morgan fingerprint density at radius 3 is 2.50 bits per heavy atom. The van der Waals surface area contributed by atoms with Crippen molar-refractivity contribution in [1.82, 2.24) is 9.88 Å². The van der Waals surface area contributed by atoms with Crippen molar-refractivity contribution < 1.29 is 4.79 Å². The number of rotatable bonds is 4. The smallest absolute Gasteiger partial charge is 0.128 e.